The van der Waals surface area contributed by atoms with Gasteiger partial charge in [0.2, 0.25) is 5.91 Å². The first-order valence-corrected chi connectivity index (χ1v) is 7.25. The van der Waals surface area contributed by atoms with E-state index in [2.05, 4.69) is 4.90 Å². The number of rotatable bonds is 2. The molecule has 1 spiro atoms. The lowest BCUT2D eigenvalue weighted by Gasteiger charge is -2.38. The molecule has 3 saturated heterocycles. The van der Waals surface area contributed by atoms with E-state index in [9.17, 15) is 4.79 Å². The molecule has 0 radical (unpaired) electrons. The number of carbonyl (C=O) groups is 1. The van der Waals surface area contributed by atoms with Crippen LogP contribution in [0.15, 0.2) is 30.3 Å². The number of epoxide rings is 1. The molecule has 3 nitrogen and oxygen atoms in total. The highest BCUT2D eigenvalue weighted by Gasteiger charge is 2.56. The Kier molecular flexibility index (Phi) is 2.46. The minimum atomic E-state index is 0.162. The van der Waals surface area contributed by atoms with Crippen LogP contribution in [0.2, 0.25) is 0 Å². The predicted octanol–water partition coefficient (Wildman–Crippen LogP) is 2.15. The van der Waals surface area contributed by atoms with Crippen molar-refractivity contribution in [1.29, 1.82) is 0 Å². The van der Waals surface area contributed by atoms with Crippen LogP contribution in [-0.4, -0.2) is 35.1 Å². The molecule has 1 unspecified atom stereocenters. The number of carbonyl (C=O) groups excluding carboxylic acids is 1. The Morgan fingerprint density at radius 1 is 1.21 bits per heavy atom. The molecule has 0 aliphatic carbocycles. The topological polar surface area (TPSA) is 32.8 Å². The number of ether oxygens (including phenoxy) is 1. The predicted molar refractivity (Wildman–Crippen MR) is 71.7 cm³/mol. The second kappa shape index (κ2) is 4.07. The fourth-order valence-electron chi connectivity index (χ4n) is 3.91. The van der Waals surface area contributed by atoms with Gasteiger partial charge in [0.05, 0.1) is 18.6 Å². The third-order valence-corrected chi connectivity index (χ3v) is 4.87. The highest BCUT2D eigenvalue weighted by Crippen LogP contribution is 2.48. The van der Waals surface area contributed by atoms with Crippen molar-refractivity contribution < 1.29 is 9.53 Å². The summed E-state index contributed by atoms with van der Waals surface area (Å²) >= 11 is 0. The van der Waals surface area contributed by atoms with E-state index < -0.39 is 0 Å². The summed E-state index contributed by atoms with van der Waals surface area (Å²) in [5.74, 6) is 0.300. The standard InChI is InChI=1S/C16H19NO2/c18-15(8-12-4-2-1-3-5-12)17-13-6-7-14(17)10-16(9-13)11-19-16/h1-5,13-14H,6-11H2/t13-,14+,16?. The molecule has 3 aliphatic rings. The molecule has 3 atom stereocenters. The van der Waals surface area contributed by atoms with Crippen LogP contribution < -0.4 is 0 Å². The van der Waals surface area contributed by atoms with Crippen LogP contribution in [0.4, 0.5) is 0 Å². The molecule has 3 heteroatoms. The number of amides is 1. The van der Waals surface area contributed by atoms with Gasteiger partial charge in [-0.2, -0.15) is 0 Å². The largest absolute Gasteiger partial charge is 0.369 e. The average Bonchev–Trinajstić information content (AvgIpc) is 3.09. The Balaban J connectivity index is 1.49. The Bertz CT molecular complexity index is 479. The summed E-state index contributed by atoms with van der Waals surface area (Å²) in [5.41, 5.74) is 1.28. The van der Waals surface area contributed by atoms with Crippen molar-refractivity contribution in [1.82, 2.24) is 4.90 Å². The molecule has 19 heavy (non-hydrogen) atoms. The van der Waals surface area contributed by atoms with E-state index in [0.29, 0.717) is 24.4 Å². The molecule has 2 bridgehead atoms. The quantitative estimate of drug-likeness (QED) is 0.761. The van der Waals surface area contributed by atoms with Gasteiger partial charge in [-0.15, -0.1) is 0 Å². The summed E-state index contributed by atoms with van der Waals surface area (Å²) in [6.45, 7) is 0.917. The zero-order valence-electron chi connectivity index (χ0n) is 11.0. The molecule has 1 aromatic rings. The maximum Gasteiger partial charge on any atom is 0.227 e. The van der Waals surface area contributed by atoms with Crippen molar-refractivity contribution >= 4 is 5.91 Å². The molecule has 0 N–H and O–H groups in total. The first kappa shape index (κ1) is 11.5. The summed E-state index contributed by atoms with van der Waals surface area (Å²) < 4.78 is 5.63. The first-order chi connectivity index (χ1) is 9.26. The summed E-state index contributed by atoms with van der Waals surface area (Å²) in [5, 5.41) is 0. The third-order valence-electron chi connectivity index (χ3n) is 4.87. The van der Waals surface area contributed by atoms with Gasteiger partial charge in [-0.05, 0) is 31.2 Å². The molecule has 1 aromatic carbocycles. The molecule has 0 saturated carbocycles. The molecule has 3 fully saturated rings. The number of nitrogens with zero attached hydrogens (tertiary/aromatic N) is 1. The second-order valence-electron chi connectivity index (χ2n) is 6.23. The van der Waals surface area contributed by atoms with Crippen molar-refractivity contribution in [3.63, 3.8) is 0 Å². The molecule has 4 rings (SSSR count). The maximum absolute atomic E-state index is 12.5. The van der Waals surface area contributed by atoms with Crippen LogP contribution in [0, 0.1) is 0 Å². The highest BCUT2D eigenvalue weighted by atomic mass is 16.6. The zero-order valence-corrected chi connectivity index (χ0v) is 11.0. The van der Waals surface area contributed by atoms with Gasteiger partial charge in [0.15, 0.2) is 0 Å². The van der Waals surface area contributed by atoms with Crippen LogP contribution in [-0.2, 0) is 16.0 Å². The van der Waals surface area contributed by atoms with Crippen LogP contribution in [0.25, 0.3) is 0 Å². The van der Waals surface area contributed by atoms with Crippen molar-refractivity contribution in [3.05, 3.63) is 35.9 Å². The van der Waals surface area contributed by atoms with E-state index in [4.69, 9.17) is 4.74 Å². The van der Waals surface area contributed by atoms with E-state index in [1.54, 1.807) is 0 Å². The minimum Gasteiger partial charge on any atom is -0.369 e. The molecular weight excluding hydrogens is 238 g/mol. The third kappa shape index (κ3) is 1.96. The van der Waals surface area contributed by atoms with Crippen LogP contribution in [0.1, 0.15) is 31.2 Å². The maximum atomic E-state index is 12.5. The van der Waals surface area contributed by atoms with Gasteiger partial charge in [0, 0.05) is 12.1 Å². The SMILES string of the molecule is O=C(Cc1ccccc1)N1[C@@H]2CC[C@H]1CC1(CO1)C2. The fraction of sp³-hybridized carbons (Fsp3) is 0.562. The normalized spacial score (nSPS) is 35.7. The minimum absolute atomic E-state index is 0.162. The Morgan fingerprint density at radius 3 is 2.42 bits per heavy atom. The second-order valence-corrected chi connectivity index (χ2v) is 6.23. The smallest absolute Gasteiger partial charge is 0.227 e. The van der Waals surface area contributed by atoms with E-state index in [0.717, 1.165) is 37.9 Å². The average molecular weight is 257 g/mol. The van der Waals surface area contributed by atoms with Gasteiger partial charge in [-0.3, -0.25) is 4.79 Å². The van der Waals surface area contributed by atoms with Crippen molar-refractivity contribution in [2.75, 3.05) is 6.61 Å². The van der Waals surface area contributed by atoms with Gasteiger partial charge < -0.3 is 9.64 Å². The van der Waals surface area contributed by atoms with Gasteiger partial charge in [-0.25, -0.2) is 0 Å². The van der Waals surface area contributed by atoms with E-state index in [1.165, 1.54) is 0 Å². The van der Waals surface area contributed by atoms with Gasteiger partial charge in [0.1, 0.15) is 0 Å². The lowest BCUT2D eigenvalue weighted by molar-refractivity contribution is -0.135. The summed E-state index contributed by atoms with van der Waals surface area (Å²) in [6, 6.07) is 10.9. The summed E-state index contributed by atoms with van der Waals surface area (Å²) in [4.78, 5) is 14.7. The van der Waals surface area contributed by atoms with Gasteiger partial charge in [0.25, 0.3) is 0 Å². The summed E-state index contributed by atoms with van der Waals surface area (Å²) in [7, 11) is 0. The van der Waals surface area contributed by atoms with Crippen molar-refractivity contribution in [2.24, 2.45) is 0 Å². The van der Waals surface area contributed by atoms with Crippen molar-refractivity contribution in [3.8, 4) is 0 Å². The van der Waals surface area contributed by atoms with Crippen LogP contribution >= 0.6 is 0 Å². The Hall–Kier alpha value is -1.35. The first-order valence-electron chi connectivity index (χ1n) is 7.25. The molecule has 100 valence electrons. The fourth-order valence-corrected chi connectivity index (χ4v) is 3.91. The summed E-state index contributed by atoms with van der Waals surface area (Å²) in [6.07, 6.45) is 4.99. The Morgan fingerprint density at radius 2 is 1.84 bits per heavy atom. The van der Waals surface area contributed by atoms with Gasteiger partial charge >= 0.3 is 0 Å². The molecule has 1 amide bonds. The lowest BCUT2D eigenvalue weighted by Crippen LogP contribution is -2.49. The lowest BCUT2D eigenvalue weighted by atomic mass is 9.90. The number of hydrogen-bond acceptors (Lipinski definition) is 2. The molecule has 3 heterocycles. The van der Waals surface area contributed by atoms with E-state index >= 15 is 0 Å². The number of hydrogen-bond donors (Lipinski definition) is 0. The van der Waals surface area contributed by atoms with Crippen LogP contribution in [0.3, 0.4) is 0 Å². The number of piperidine rings is 1. The van der Waals surface area contributed by atoms with Crippen molar-refractivity contribution in [2.45, 2.75) is 49.8 Å². The number of benzene rings is 1. The molecular formula is C16H19NO2. The molecule has 0 aromatic heterocycles. The van der Waals surface area contributed by atoms with Crippen LogP contribution in [0.5, 0.6) is 0 Å². The Labute approximate surface area is 113 Å². The zero-order chi connectivity index (χ0) is 12.9. The van der Waals surface area contributed by atoms with E-state index in [1.807, 2.05) is 30.3 Å². The van der Waals surface area contributed by atoms with Gasteiger partial charge in [-0.1, -0.05) is 30.3 Å². The number of fused-ring (bicyclic) bond motifs is 2. The highest BCUT2D eigenvalue weighted by molar-refractivity contribution is 5.80. The monoisotopic (exact) mass is 257 g/mol. The molecule has 3 aliphatic heterocycles. The van der Waals surface area contributed by atoms with E-state index in [-0.39, 0.29) is 5.60 Å².